The van der Waals surface area contributed by atoms with Crippen LogP contribution < -0.4 is 11.1 Å². The summed E-state index contributed by atoms with van der Waals surface area (Å²) in [5.41, 5.74) is 6.13. The van der Waals surface area contributed by atoms with Gasteiger partial charge in [-0.3, -0.25) is 4.79 Å². The maximum absolute atomic E-state index is 12.1. The minimum absolute atomic E-state index is 0.109. The minimum Gasteiger partial charge on any atom is -0.478 e. The Bertz CT molecular complexity index is 518. The van der Waals surface area contributed by atoms with Gasteiger partial charge >= 0.3 is 5.97 Å². The molecule has 5 nitrogen and oxygen atoms in total. The van der Waals surface area contributed by atoms with E-state index in [-0.39, 0.29) is 23.4 Å². The molecule has 1 amide bonds. The van der Waals surface area contributed by atoms with E-state index in [1.807, 2.05) is 36.4 Å². The molecule has 0 aromatic heterocycles. The number of hydrogen-bond donors (Lipinski definition) is 3. The minimum atomic E-state index is -1.05. The summed E-state index contributed by atoms with van der Waals surface area (Å²) in [4.78, 5) is 23.3. The van der Waals surface area contributed by atoms with E-state index in [0.717, 1.165) is 22.8 Å². The zero-order chi connectivity index (χ0) is 16.0. The van der Waals surface area contributed by atoms with Crippen molar-refractivity contribution in [2.45, 2.75) is 39.2 Å². The third kappa shape index (κ3) is 6.01. The molecule has 0 saturated heterocycles. The molecule has 6 heteroatoms. The molecule has 1 aromatic rings. The maximum Gasteiger partial charge on any atom is 0.337 e. The molecule has 0 bridgehead atoms. The standard InChI is InChI=1S/C15H21IN2O3/c1-9(4-3-5-10(2)17)14(19)18-13-7-6-11(16)8-12(13)15(20)21/h6-10H,3-5,17H2,1-2H3,(H,18,19)(H,20,21). The normalized spacial score (nSPS) is 13.5. The fourth-order valence-corrected chi connectivity index (χ4v) is 2.43. The van der Waals surface area contributed by atoms with Gasteiger partial charge in [-0.1, -0.05) is 13.3 Å². The van der Waals surface area contributed by atoms with Crippen molar-refractivity contribution in [3.05, 3.63) is 27.3 Å². The Hall–Kier alpha value is -1.15. The lowest BCUT2D eigenvalue weighted by molar-refractivity contribution is -0.119. The van der Waals surface area contributed by atoms with E-state index in [1.54, 1.807) is 18.2 Å². The number of carbonyl (C=O) groups excluding carboxylic acids is 1. The monoisotopic (exact) mass is 404 g/mol. The fourth-order valence-electron chi connectivity index (χ4n) is 1.94. The van der Waals surface area contributed by atoms with Crippen molar-refractivity contribution in [3.8, 4) is 0 Å². The number of carboxylic acids is 1. The van der Waals surface area contributed by atoms with Gasteiger partial charge in [0.05, 0.1) is 11.3 Å². The first-order chi connectivity index (χ1) is 9.81. The summed E-state index contributed by atoms with van der Waals surface area (Å²) in [7, 11) is 0. The SMILES string of the molecule is CC(N)CCCC(C)C(=O)Nc1ccc(I)cc1C(=O)O. The Morgan fingerprint density at radius 2 is 2.00 bits per heavy atom. The van der Waals surface area contributed by atoms with Gasteiger partial charge in [-0.25, -0.2) is 4.79 Å². The van der Waals surface area contributed by atoms with Crippen molar-refractivity contribution in [3.63, 3.8) is 0 Å². The van der Waals surface area contributed by atoms with Crippen molar-refractivity contribution < 1.29 is 14.7 Å². The van der Waals surface area contributed by atoms with Gasteiger partial charge in [-0.2, -0.15) is 0 Å². The Balaban J connectivity index is 2.68. The topological polar surface area (TPSA) is 92.4 Å². The smallest absolute Gasteiger partial charge is 0.337 e. The van der Waals surface area contributed by atoms with Crippen LogP contribution in [0.4, 0.5) is 5.69 Å². The average molecular weight is 404 g/mol. The van der Waals surface area contributed by atoms with Crippen LogP contribution in [0.25, 0.3) is 0 Å². The molecule has 116 valence electrons. The molecule has 0 heterocycles. The highest BCUT2D eigenvalue weighted by molar-refractivity contribution is 14.1. The quantitative estimate of drug-likeness (QED) is 0.609. The van der Waals surface area contributed by atoms with E-state index in [1.165, 1.54) is 0 Å². The number of aromatic carboxylic acids is 1. The molecule has 2 atom stereocenters. The van der Waals surface area contributed by atoms with Crippen LogP contribution in [0.2, 0.25) is 0 Å². The lowest BCUT2D eigenvalue weighted by Gasteiger charge is -2.14. The van der Waals surface area contributed by atoms with Gasteiger partial charge in [0.2, 0.25) is 5.91 Å². The summed E-state index contributed by atoms with van der Waals surface area (Å²) < 4.78 is 0.813. The van der Waals surface area contributed by atoms with Gasteiger partial charge in [0.15, 0.2) is 0 Å². The summed E-state index contributed by atoms with van der Waals surface area (Å²) in [5.74, 6) is -1.39. The predicted octanol–water partition coefficient (Wildman–Crippen LogP) is 3.08. The van der Waals surface area contributed by atoms with E-state index < -0.39 is 5.97 Å². The molecule has 21 heavy (non-hydrogen) atoms. The van der Waals surface area contributed by atoms with Crippen LogP contribution in [0.1, 0.15) is 43.5 Å². The van der Waals surface area contributed by atoms with E-state index in [0.29, 0.717) is 5.69 Å². The third-order valence-corrected chi connectivity index (χ3v) is 3.89. The summed E-state index contributed by atoms with van der Waals surface area (Å²) in [5, 5.41) is 11.9. The molecule has 0 fully saturated rings. The molecule has 0 radical (unpaired) electrons. The van der Waals surface area contributed by atoms with Gasteiger partial charge in [-0.05, 0) is 60.6 Å². The first-order valence-corrected chi connectivity index (χ1v) is 7.98. The number of benzene rings is 1. The number of halogens is 1. The van der Waals surface area contributed by atoms with Gasteiger partial charge in [0.25, 0.3) is 0 Å². The van der Waals surface area contributed by atoms with E-state index >= 15 is 0 Å². The van der Waals surface area contributed by atoms with Gasteiger partial charge in [-0.15, -0.1) is 0 Å². The fraction of sp³-hybridized carbons (Fsp3) is 0.467. The molecule has 1 rings (SSSR count). The Morgan fingerprint density at radius 1 is 1.33 bits per heavy atom. The first-order valence-electron chi connectivity index (χ1n) is 6.90. The van der Waals surface area contributed by atoms with Crippen LogP contribution in [0, 0.1) is 9.49 Å². The van der Waals surface area contributed by atoms with Crippen molar-refractivity contribution in [1.82, 2.24) is 0 Å². The number of amides is 1. The van der Waals surface area contributed by atoms with Crippen molar-refractivity contribution in [2.24, 2.45) is 11.7 Å². The second kappa shape index (κ2) is 8.33. The van der Waals surface area contributed by atoms with Crippen LogP contribution >= 0.6 is 22.6 Å². The number of nitrogens with two attached hydrogens (primary N) is 1. The maximum atomic E-state index is 12.1. The van der Waals surface area contributed by atoms with Crippen LogP contribution in [0.15, 0.2) is 18.2 Å². The van der Waals surface area contributed by atoms with Gasteiger partial charge in [0, 0.05) is 15.5 Å². The van der Waals surface area contributed by atoms with Crippen molar-refractivity contribution >= 4 is 40.2 Å². The van der Waals surface area contributed by atoms with Crippen LogP contribution in [0.3, 0.4) is 0 Å². The molecule has 0 aliphatic carbocycles. The second-order valence-electron chi connectivity index (χ2n) is 5.29. The zero-order valence-electron chi connectivity index (χ0n) is 12.2. The number of hydrogen-bond acceptors (Lipinski definition) is 3. The molecule has 0 saturated carbocycles. The molecular formula is C15H21IN2O3. The summed E-state index contributed by atoms with van der Waals surface area (Å²) in [6, 6.07) is 5.07. The van der Waals surface area contributed by atoms with Crippen molar-refractivity contribution in [2.75, 3.05) is 5.32 Å². The molecular weight excluding hydrogens is 383 g/mol. The van der Waals surface area contributed by atoms with Crippen LogP contribution in [-0.4, -0.2) is 23.0 Å². The highest BCUT2D eigenvalue weighted by atomic mass is 127. The van der Waals surface area contributed by atoms with E-state index in [9.17, 15) is 14.7 Å². The number of rotatable bonds is 7. The molecule has 0 aliphatic rings. The summed E-state index contributed by atoms with van der Waals surface area (Å²) >= 11 is 2.04. The number of nitrogens with one attached hydrogen (secondary N) is 1. The largest absolute Gasteiger partial charge is 0.478 e. The summed E-state index contributed by atoms with van der Waals surface area (Å²) in [6.45, 7) is 3.78. The molecule has 0 aliphatic heterocycles. The van der Waals surface area contributed by atoms with Crippen molar-refractivity contribution in [1.29, 1.82) is 0 Å². The molecule has 1 aromatic carbocycles. The number of anilines is 1. The number of carbonyl (C=O) groups is 2. The average Bonchev–Trinajstić information content (AvgIpc) is 2.39. The third-order valence-electron chi connectivity index (χ3n) is 3.21. The highest BCUT2D eigenvalue weighted by Crippen LogP contribution is 2.20. The van der Waals surface area contributed by atoms with Crippen LogP contribution in [-0.2, 0) is 4.79 Å². The number of carboxylic acid groups (broad SMARTS) is 1. The Morgan fingerprint density at radius 3 is 2.57 bits per heavy atom. The highest BCUT2D eigenvalue weighted by Gasteiger charge is 2.17. The van der Waals surface area contributed by atoms with E-state index in [2.05, 4.69) is 5.32 Å². The Kier molecular flexibility index (Phi) is 7.10. The van der Waals surface area contributed by atoms with Crippen LogP contribution in [0.5, 0.6) is 0 Å². The first kappa shape index (κ1) is 17.9. The zero-order valence-corrected chi connectivity index (χ0v) is 14.4. The van der Waals surface area contributed by atoms with E-state index in [4.69, 9.17) is 5.73 Å². The predicted molar refractivity (Wildman–Crippen MR) is 91.4 cm³/mol. The van der Waals surface area contributed by atoms with Gasteiger partial charge in [0.1, 0.15) is 0 Å². The van der Waals surface area contributed by atoms with Gasteiger partial charge < -0.3 is 16.2 Å². The molecule has 4 N–H and O–H groups in total. The molecule has 0 spiro atoms. The lowest BCUT2D eigenvalue weighted by Crippen LogP contribution is -2.22. The second-order valence-corrected chi connectivity index (χ2v) is 6.54. The molecule has 2 unspecified atom stereocenters. The lowest BCUT2D eigenvalue weighted by atomic mass is 10.0. The summed E-state index contributed by atoms with van der Waals surface area (Å²) in [6.07, 6.45) is 2.49. The Labute approximate surface area is 138 Å².